The van der Waals surface area contributed by atoms with Crippen molar-refractivity contribution in [2.75, 3.05) is 0 Å². The van der Waals surface area contributed by atoms with Gasteiger partial charge in [-0.25, -0.2) is 0 Å². The lowest BCUT2D eigenvalue weighted by atomic mass is 9.96. The lowest BCUT2D eigenvalue weighted by molar-refractivity contribution is 0.163. The van der Waals surface area contributed by atoms with Gasteiger partial charge in [0.05, 0.1) is 12.2 Å². The Bertz CT molecular complexity index is 346. The van der Waals surface area contributed by atoms with Crippen molar-refractivity contribution in [2.24, 2.45) is 0 Å². The summed E-state index contributed by atoms with van der Waals surface area (Å²) in [7, 11) is 0. The fraction of sp³-hybridized carbons (Fsp3) is 0.571. The van der Waals surface area contributed by atoms with E-state index in [2.05, 4.69) is 12.1 Å². The van der Waals surface area contributed by atoms with Crippen molar-refractivity contribution in [2.45, 2.75) is 51.2 Å². The maximum Gasteiger partial charge on any atom is 0.119 e. The highest BCUT2D eigenvalue weighted by Crippen LogP contribution is 2.35. The Morgan fingerprint density at radius 1 is 1.31 bits per heavy atom. The summed E-state index contributed by atoms with van der Waals surface area (Å²) >= 11 is 0. The maximum atomic E-state index is 9.87. The fourth-order valence-corrected chi connectivity index (χ4v) is 2.42. The van der Waals surface area contributed by atoms with Crippen molar-refractivity contribution in [3.05, 3.63) is 29.8 Å². The first-order valence-corrected chi connectivity index (χ1v) is 6.11. The third-order valence-corrected chi connectivity index (χ3v) is 3.14. The van der Waals surface area contributed by atoms with Crippen LogP contribution >= 0.6 is 0 Å². The molecule has 0 bridgehead atoms. The Morgan fingerprint density at radius 2 is 2.12 bits per heavy atom. The van der Waals surface area contributed by atoms with Gasteiger partial charge in [0.2, 0.25) is 0 Å². The van der Waals surface area contributed by atoms with E-state index >= 15 is 0 Å². The number of aliphatic hydroxyl groups is 1. The Labute approximate surface area is 97.3 Å². The maximum absolute atomic E-state index is 9.87. The molecular formula is C14H20O2. The molecule has 2 rings (SSSR count). The molecule has 2 atom stereocenters. The van der Waals surface area contributed by atoms with Crippen LogP contribution in [0.5, 0.6) is 5.75 Å². The Kier molecular flexibility index (Phi) is 3.49. The molecule has 1 aliphatic rings. The number of hydrogen-bond acceptors (Lipinski definition) is 2. The van der Waals surface area contributed by atoms with E-state index < -0.39 is 0 Å². The molecule has 2 heteroatoms. The number of benzene rings is 1. The van der Waals surface area contributed by atoms with Crippen LogP contribution in [-0.2, 0) is 0 Å². The zero-order valence-electron chi connectivity index (χ0n) is 10.0. The van der Waals surface area contributed by atoms with E-state index in [1.807, 2.05) is 26.0 Å². The first kappa shape index (κ1) is 11.5. The van der Waals surface area contributed by atoms with Crippen LogP contribution in [0.2, 0.25) is 0 Å². The second-order valence-corrected chi connectivity index (χ2v) is 4.84. The Balaban J connectivity index is 2.15. The van der Waals surface area contributed by atoms with E-state index in [9.17, 15) is 5.11 Å². The van der Waals surface area contributed by atoms with Crippen LogP contribution in [0, 0.1) is 0 Å². The quantitative estimate of drug-likeness (QED) is 0.848. The van der Waals surface area contributed by atoms with Gasteiger partial charge in [-0.2, -0.15) is 0 Å². The summed E-state index contributed by atoms with van der Waals surface area (Å²) in [6.45, 7) is 4.05. The first-order chi connectivity index (χ1) is 7.66. The summed E-state index contributed by atoms with van der Waals surface area (Å²) in [6, 6.07) is 8.15. The summed E-state index contributed by atoms with van der Waals surface area (Å²) in [6.07, 6.45) is 3.17. The van der Waals surface area contributed by atoms with E-state index in [0.717, 1.165) is 25.0 Å². The predicted molar refractivity (Wildman–Crippen MR) is 64.8 cm³/mol. The fourth-order valence-electron chi connectivity index (χ4n) is 2.42. The molecule has 16 heavy (non-hydrogen) atoms. The van der Waals surface area contributed by atoms with Gasteiger partial charge in [-0.1, -0.05) is 18.6 Å². The number of ether oxygens (including phenoxy) is 1. The van der Waals surface area contributed by atoms with Gasteiger partial charge in [-0.05, 0) is 44.4 Å². The van der Waals surface area contributed by atoms with Gasteiger partial charge in [-0.15, -0.1) is 0 Å². The number of hydrogen-bond donors (Lipinski definition) is 1. The van der Waals surface area contributed by atoms with Crippen LogP contribution < -0.4 is 4.74 Å². The zero-order valence-corrected chi connectivity index (χ0v) is 10.0. The number of rotatable bonds is 3. The molecule has 0 aliphatic heterocycles. The molecule has 1 fully saturated rings. The molecule has 2 nitrogen and oxygen atoms in total. The van der Waals surface area contributed by atoms with Crippen molar-refractivity contribution >= 4 is 0 Å². The number of aliphatic hydroxyl groups excluding tert-OH is 1. The van der Waals surface area contributed by atoms with E-state index in [4.69, 9.17) is 4.74 Å². The van der Waals surface area contributed by atoms with Gasteiger partial charge < -0.3 is 9.84 Å². The highest BCUT2D eigenvalue weighted by atomic mass is 16.5. The standard InChI is InChI=1S/C14H20O2/c1-10(2)16-12-6-3-5-11(9-12)13-7-4-8-14(13)15/h3,5-6,9-10,13-15H,4,7-8H2,1-2H3. The molecule has 0 saturated heterocycles. The predicted octanol–water partition coefficient (Wildman–Crippen LogP) is 3.10. The minimum atomic E-state index is -0.172. The third kappa shape index (κ3) is 2.56. The third-order valence-electron chi connectivity index (χ3n) is 3.14. The normalized spacial score (nSPS) is 25.0. The van der Waals surface area contributed by atoms with Gasteiger partial charge in [0, 0.05) is 5.92 Å². The van der Waals surface area contributed by atoms with Crippen molar-refractivity contribution in [3.63, 3.8) is 0 Å². The van der Waals surface area contributed by atoms with Gasteiger partial charge in [0.25, 0.3) is 0 Å². The van der Waals surface area contributed by atoms with Crippen LogP contribution in [0.4, 0.5) is 0 Å². The molecule has 0 heterocycles. The van der Waals surface area contributed by atoms with Crippen molar-refractivity contribution < 1.29 is 9.84 Å². The van der Waals surface area contributed by atoms with Crippen molar-refractivity contribution in [3.8, 4) is 5.75 Å². The van der Waals surface area contributed by atoms with E-state index in [1.165, 1.54) is 5.56 Å². The van der Waals surface area contributed by atoms with Gasteiger partial charge in [0.15, 0.2) is 0 Å². The molecule has 1 aliphatic carbocycles. The Hall–Kier alpha value is -1.02. The molecule has 1 aromatic carbocycles. The zero-order chi connectivity index (χ0) is 11.5. The summed E-state index contributed by atoms with van der Waals surface area (Å²) in [4.78, 5) is 0. The highest BCUT2D eigenvalue weighted by Gasteiger charge is 2.26. The van der Waals surface area contributed by atoms with Crippen molar-refractivity contribution in [1.29, 1.82) is 0 Å². The molecule has 88 valence electrons. The summed E-state index contributed by atoms with van der Waals surface area (Å²) in [5.41, 5.74) is 1.21. The topological polar surface area (TPSA) is 29.5 Å². The van der Waals surface area contributed by atoms with Gasteiger partial charge in [-0.3, -0.25) is 0 Å². The first-order valence-electron chi connectivity index (χ1n) is 6.11. The average molecular weight is 220 g/mol. The molecule has 0 radical (unpaired) electrons. The van der Waals surface area contributed by atoms with Gasteiger partial charge in [0.1, 0.15) is 5.75 Å². The lowest BCUT2D eigenvalue weighted by Gasteiger charge is -2.17. The van der Waals surface area contributed by atoms with E-state index in [0.29, 0.717) is 5.92 Å². The summed E-state index contributed by atoms with van der Waals surface area (Å²) in [5, 5.41) is 9.87. The van der Waals surface area contributed by atoms with Crippen LogP contribution in [0.3, 0.4) is 0 Å². The largest absolute Gasteiger partial charge is 0.491 e. The molecule has 1 N–H and O–H groups in total. The smallest absolute Gasteiger partial charge is 0.119 e. The second kappa shape index (κ2) is 4.88. The molecule has 2 unspecified atom stereocenters. The molecule has 1 saturated carbocycles. The lowest BCUT2D eigenvalue weighted by Crippen LogP contribution is -2.11. The summed E-state index contributed by atoms with van der Waals surface area (Å²) in [5.74, 6) is 1.21. The van der Waals surface area contributed by atoms with E-state index in [-0.39, 0.29) is 12.2 Å². The molecular weight excluding hydrogens is 200 g/mol. The van der Waals surface area contributed by atoms with Crippen LogP contribution in [0.25, 0.3) is 0 Å². The monoisotopic (exact) mass is 220 g/mol. The molecule has 0 aromatic heterocycles. The van der Waals surface area contributed by atoms with Crippen molar-refractivity contribution in [1.82, 2.24) is 0 Å². The second-order valence-electron chi connectivity index (χ2n) is 4.84. The van der Waals surface area contributed by atoms with Gasteiger partial charge >= 0.3 is 0 Å². The minimum absolute atomic E-state index is 0.172. The minimum Gasteiger partial charge on any atom is -0.491 e. The molecule has 0 amide bonds. The molecule has 1 aromatic rings. The average Bonchev–Trinajstić information content (AvgIpc) is 2.64. The van der Waals surface area contributed by atoms with Crippen LogP contribution in [0.15, 0.2) is 24.3 Å². The van der Waals surface area contributed by atoms with Crippen LogP contribution in [-0.4, -0.2) is 17.3 Å². The van der Waals surface area contributed by atoms with Crippen LogP contribution in [0.1, 0.15) is 44.6 Å². The summed E-state index contributed by atoms with van der Waals surface area (Å²) < 4.78 is 5.67. The SMILES string of the molecule is CC(C)Oc1cccc(C2CCCC2O)c1. The Morgan fingerprint density at radius 3 is 2.75 bits per heavy atom. The molecule has 0 spiro atoms. The van der Waals surface area contributed by atoms with E-state index in [1.54, 1.807) is 0 Å². The highest BCUT2D eigenvalue weighted by molar-refractivity contribution is 5.32.